The van der Waals surface area contributed by atoms with Crippen LogP contribution in [0.3, 0.4) is 0 Å². The molecular weight excluding hydrogens is 322 g/mol. The van der Waals surface area contributed by atoms with Crippen LogP contribution in [0.5, 0.6) is 5.75 Å². The smallest absolute Gasteiger partial charge is 0.369 e. The van der Waals surface area contributed by atoms with Gasteiger partial charge < -0.3 is 9.26 Å². The van der Waals surface area contributed by atoms with Crippen molar-refractivity contribution in [1.29, 1.82) is 0 Å². The van der Waals surface area contributed by atoms with Gasteiger partial charge in [0.15, 0.2) is 6.79 Å². The molecule has 1 rings (SSSR count). The summed E-state index contributed by atoms with van der Waals surface area (Å²) in [7, 11) is -2.65. The summed E-state index contributed by atoms with van der Waals surface area (Å²) in [4.78, 5) is 0. The standard InChI is InChI=1S/C9H11Cl2O4P.C4H10/c1-2-13-6-14-16(12)15-9-4-3-7(10)5-8(9)11;1-3-4-2/h3-5,16H,2,6H2,1H3;3-4H2,1-2H3. The van der Waals surface area contributed by atoms with E-state index in [1.165, 1.54) is 25.0 Å². The van der Waals surface area contributed by atoms with Crippen molar-refractivity contribution in [2.45, 2.75) is 33.6 Å². The molecule has 0 aliphatic carbocycles. The lowest BCUT2D eigenvalue weighted by atomic mass is 10.3. The van der Waals surface area contributed by atoms with Gasteiger partial charge >= 0.3 is 8.25 Å². The fourth-order valence-corrected chi connectivity index (χ4v) is 1.96. The third-order valence-electron chi connectivity index (χ3n) is 2.05. The maximum Gasteiger partial charge on any atom is 0.369 e. The molecule has 1 aromatic rings. The van der Waals surface area contributed by atoms with Crippen molar-refractivity contribution in [2.24, 2.45) is 0 Å². The van der Waals surface area contributed by atoms with Crippen molar-refractivity contribution in [3.63, 3.8) is 0 Å². The van der Waals surface area contributed by atoms with Crippen molar-refractivity contribution in [1.82, 2.24) is 0 Å². The summed E-state index contributed by atoms with van der Waals surface area (Å²) >= 11 is 11.5. The Bertz CT molecular complexity index is 400. The van der Waals surface area contributed by atoms with Gasteiger partial charge in [0.1, 0.15) is 5.75 Å². The number of ether oxygens (including phenoxy) is 1. The van der Waals surface area contributed by atoms with Crippen molar-refractivity contribution >= 4 is 31.5 Å². The average molecular weight is 343 g/mol. The molecule has 1 aromatic carbocycles. The molecule has 0 spiro atoms. The molecule has 1 atom stereocenters. The monoisotopic (exact) mass is 342 g/mol. The van der Waals surface area contributed by atoms with E-state index in [9.17, 15) is 4.57 Å². The van der Waals surface area contributed by atoms with Gasteiger partial charge in [-0.3, -0.25) is 4.52 Å². The molecule has 20 heavy (non-hydrogen) atoms. The first-order chi connectivity index (χ1) is 9.54. The molecule has 0 radical (unpaired) electrons. The molecule has 0 saturated carbocycles. The van der Waals surface area contributed by atoms with E-state index in [-0.39, 0.29) is 17.6 Å². The van der Waals surface area contributed by atoms with Crippen LogP contribution in [-0.4, -0.2) is 13.4 Å². The fraction of sp³-hybridized carbons (Fsp3) is 0.538. The summed E-state index contributed by atoms with van der Waals surface area (Å²) in [5.74, 6) is 0.270. The molecule has 7 heteroatoms. The first-order valence-corrected chi connectivity index (χ1v) is 8.40. The van der Waals surface area contributed by atoms with Crippen LogP contribution in [0.2, 0.25) is 10.0 Å². The summed E-state index contributed by atoms with van der Waals surface area (Å²) in [6.07, 6.45) is 2.64. The minimum absolute atomic E-state index is 0.0699. The molecule has 0 aliphatic rings. The van der Waals surface area contributed by atoms with Gasteiger partial charge in [-0.15, -0.1) is 0 Å². The minimum atomic E-state index is -2.65. The molecule has 0 aromatic heterocycles. The molecule has 0 saturated heterocycles. The second-order valence-corrected chi connectivity index (χ2v) is 5.52. The number of benzene rings is 1. The largest absolute Gasteiger partial charge is 0.425 e. The van der Waals surface area contributed by atoms with Gasteiger partial charge in [0.05, 0.1) is 5.02 Å². The molecule has 0 aliphatic heterocycles. The molecule has 1 unspecified atom stereocenters. The Balaban J connectivity index is 0.000000796. The molecule has 0 fully saturated rings. The lowest BCUT2D eigenvalue weighted by Crippen LogP contribution is -1.95. The van der Waals surface area contributed by atoms with Crippen LogP contribution < -0.4 is 4.52 Å². The Morgan fingerprint density at radius 1 is 1.15 bits per heavy atom. The van der Waals surface area contributed by atoms with Gasteiger partial charge in [-0.2, -0.15) is 0 Å². The van der Waals surface area contributed by atoms with Crippen LogP contribution in [0.4, 0.5) is 0 Å². The van der Waals surface area contributed by atoms with E-state index in [2.05, 4.69) is 13.8 Å². The number of hydrogen-bond donors (Lipinski definition) is 0. The van der Waals surface area contributed by atoms with Crippen molar-refractivity contribution < 1.29 is 18.3 Å². The van der Waals surface area contributed by atoms with Crippen LogP contribution in [0.25, 0.3) is 0 Å². The van der Waals surface area contributed by atoms with Crippen LogP contribution in [0.15, 0.2) is 18.2 Å². The van der Waals surface area contributed by atoms with E-state index in [4.69, 9.17) is 37.0 Å². The predicted octanol–water partition coefficient (Wildman–Crippen LogP) is 5.58. The second kappa shape index (κ2) is 12.5. The summed E-state index contributed by atoms with van der Waals surface area (Å²) < 4.78 is 25.9. The highest BCUT2D eigenvalue weighted by molar-refractivity contribution is 7.33. The topological polar surface area (TPSA) is 44.8 Å². The van der Waals surface area contributed by atoms with Crippen LogP contribution >= 0.6 is 31.5 Å². The Hall–Kier alpha value is -0.250. The fourth-order valence-electron chi connectivity index (χ4n) is 0.850. The van der Waals surface area contributed by atoms with Crippen molar-refractivity contribution in [2.75, 3.05) is 13.4 Å². The average Bonchev–Trinajstić information content (AvgIpc) is 2.42. The molecule has 116 valence electrons. The van der Waals surface area contributed by atoms with Gasteiger partial charge in [0.25, 0.3) is 0 Å². The number of hydrogen-bond acceptors (Lipinski definition) is 4. The van der Waals surface area contributed by atoms with Crippen molar-refractivity contribution in [3.8, 4) is 5.75 Å². The zero-order valence-electron chi connectivity index (χ0n) is 11.9. The van der Waals surface area contributed by atoms with Gasteiger partial charge in [0, 0.05) is 11.6 Å². The first-order valence-electron chi connectivity index (χ1n) is 6.42. The first kappa shape index (κ1) is 19.8. The van der Waals surface area contributed by atoms with Gasteiger partial charge in [-0.05, 0) is 25.1 Å². The summed E-state index contributed by atoms with van der Waals surface area (Å²) in [5, 5.41) is 0.762. The van der Waals surface area contributed by atoms with Gasteiger partial charge in [-0.1, -0.05) is 49.9 Å². The maximum atomic E-state index is 11.3. The quantitative estimate of drug-likeness (QED) is 0.368. The summed E-state index contributed by atoms with van der Waals surface area (Å²) in [5.41, 5.74) is 0. The number of halogens is 2. The van der Waals surface area contributed by atoms with E-state index in [0.29, 0.717) is 11.6 Å². The zero-order valence-corrected chi connectivity index (χ0v) is 14.5. The predicted molar refractivity (Wildman–Crippen MR) is 84.3 cm³/mol. The van der Waals surface area contributed by atoms with Crippen LogP contribution in [-0.2, 0) is 13.8 Å². The lowest BCUT2D eigenvalue weighted by molar-refractivity contribution is 0.0218. The van der Waals surface area contributed by atoms with Crippen molar-refractivity contribution in [3.05, 3.63) is 28.2 Å². The van der Waals surface area contributed by atoms with E-state index in [1.54, 1.807) is 13.0 Å². The second-order valence-electron chi connectivity index (χ2n) is 3.68. The number of rotatable bonds is 7. The Labute approximate surface area is 131 Å². The maximum absolute atomic E-state index is 11.3. The van der Waals surface area contributed by atoms with E-state index < -0.39 is 8.25 Å². The lowest BCUT2D eigenvalue weighted by Gasteiger charge is -2.08. The normalized spacial score (nSPS) is 11.4. The Morgan fingerprint density at radius 2 is 1.80 bits per heavy atom. The van der Waals surface area contributed by atoms with Crippen LogP contribution in [0.1, 0.15) is 33.6 Å². The molecule has 0 N–H and O–H groups in total. The summed E-state index contributed by atoms with van der Waals surface area (Å²) in [6.45, 7) is 6.58. The van der Waals surface area contributed by atoms with Gasteiger partial charge in [0.2, 0.25) is 0 Å². The van der Waals surface area contributed by atoms with E-state index in [0.717, 1.165) is 0 Å². The zero-order chi connectivity index (χ0) is 15.4. The Morgan fingerprint density at radius 3 is 2.30 bits per heavy atom. The third-order valence-corrected chi connectivity index (χ3v) is 3.32. The third kappa shape index (κ3) is 9.62. The molecule has 0 amide bonds. The van der Waals surface area contributed by atoms with Crippen LogP contribution in [0, 0.1) is 0 Å². The highest BCUT2D eigenvalue weighted by atomic mass is 35.5. The molecule has 4 nitrogen and oxygen atoms in total. The Kier molecular flexibility index (Phi) is 12.3. The minimum Gasteiger partial charge on any atom is -0.425 e. The highest BCUT2D eigenvalue weighted by Crippen LogP contribution is 2.34. The highest BCUT2D eigenvalue weighted by Gasteiger charge is 2.06. The molecular formula is C13H21Cl2O4P. The number of unbranched alkanes of at least 4 members (excludes halogenated alkanes) is 1. The SMILES string of the molecule is CCCC.CCOCO[PH](=O)Oc1ccc(Cl)cc1Cl. The molecule has 0 heterocycles. The molecule has 0 bridgehead atoms. The van der Waals surface area contributed by atoms with Gasteiger partial charge in [-0.25, -0.2) is 4.57 Å². The summed E-state index contributed by atoms with van der Waals surface area (Å²) in [6, 6.07) is 4.61. The van der Waals surface area contributed by atoms with E-state index >= 15 is 0 Å². The van der Waals surface area contributed by atoms with E-state index in [1.807, 2.05) is 0 Å².